The van der Waals surface area contributed by atoms with Gasteiger partial charge in [-0.3, -0.25) is 0 Å². The van der Waals surface area contributed by atoms with Crippen LogP contribution in [0.4, 0.5) is 0 Å². The highest BCUT2D eigenvalue weighted by Gasteiger charge is 2.23. The molecule has 2 nitrogen and oxygen atoms in total. The molecule has 0 aliphatic rings. The molecule has 0 radical (unpaired) electrons. The van der Waals surface area contributed by atoms with E-state index in [1.807, 2.05) is 11.3 Å². The lowest BCUT2D eigenvalue weighted by atomic mass is 9.99. The predicted molar refractivity (Wildman–Crippen MR) is 127 cm³/mol. The fourth-order valence-electron chi connectivity index (χ4n) is 4.67. The van der Waals surface area contributed by atoms with Gasteiger partial charge >= 0.3 is 0 Å². The Bertz CT molecular complexity index is 1630. The lowest BCUT2D eigenvalue weighted by Gasteiger charge is -2.06. The second-order valence-corrected chi connectivity index (χ2v) is 9.44. The van der Waals surface area contributed by atoms with Gasteiger partial charge in [0.25, 0.3) is 0 Å². The first-order chi connectivity index (χ1) is 14.5. The van der Waals surface area contributed by atoms with E-state index in [0.717, 1.165) is 11.2 Å². The third-order valence-electron chi connectivity index (χ3n) is 6.48. The van der Waals surface area contributed by atoms with Gasteiger partial charge in [-0.1, -0.05) is 24.3 Å². The van der Waals surface area contributed by atoms with Crippen molar-refractivity contribution in [3.05, 3.63) is 76.8 Å². The summed E-state index contributed by atoms with van der Waals surface area (Å²) >= 11 is 1.88. The average Bonchev–Trinajstić information content (AvgIpc) is 3.25. The molecule has 0 saturated carbocycles. The summed E-state index contributed by atoms with van der Waals surface area (Å²) in [7, 11) is 2.13. The fourth-order valence-corrected chi connectivity index (χ4v) is 5.92. The molecule has 0 saturated heterocycles. The molecule has 3 aromatic heterocycles. The number of pyridine rings is 1. The van der Waals surface area contributed by atoms with Crippen LogP contribution in [-0.2, 0) is 7.05 Å². The molecule has 0 spiro atoms. The summed E-state index contributed by atoms with van der Waals surface area (Å²) in [5, 5.41) is 6.17. The number of hydrogen-bond donors (Lipinski definition) is 0. The van der Waals surface area contributed by atoms with Crippen LogP contribution in [0.3, 0.4) is 0 Å². The highest BCUT2D eigenvalue weighted by molar-refractivity contribution is 7.19. The molecule has 0 N–H and O–H groups in total. The Balaban J connectivity index is 1.69. The summed E-state index contributed by atoms with van der Waals surface area (Å²) in [5.74, 6) is 0. The first kappa shape index (κ1) is 17.7. The molecule has 0 bridgehead atoms. The number of fused-ring (bicyclic) bond motifs is 5. The van der Waals surface area contributed by atoms with Gasteiger partial charge in [0.1, 0.15) is 22.9 Å². The second-order valence-electron chi connectivity index (χ2n) is 8.21. The van der Waals surface area contributed by atoms with Crippen molar-refractivity contribution in [2.24, 2.45) is 7.05 Å². The van der Waals surface area contributed by atoms with Crippen LogP contribution in [0, 0.1) is 20.8 Å². The summed E-state index contributed by atoms with van der Waals surface area (Å²) in [4.78, 5) is 1.38. The molecule has 0 amide bonds. The van der Waals surface area contributed by atoms with Crippen LogP contribution in [0.5, 0.6) is 0 Å². The standard InChI is InChI=1S/C27H22NOS/c1-15-17(3)30-27-21(15)11-12-28(4)25(27)20-9-10-22-23-13-18-7-5-6-8-19(18)14-24(23)29-26(22)16(20)2/h5-14H,1-4H3/q+1. The van der Waals surface area contributed by atoms with Gasteiger partial charge in [0, 0.05) is 32.7 Å². The quantitative estimate of drug-likeness (QED) is 0.260. The van der Waals surface area contributed by atoms with Crippen molar-refractivity contribution in [1.82, 2.24) is 0 Å². The minimum atomic E-state index is 0.953. The highest BCUT2D eigenvalue weighted by atomic mass is 32.1. The third kappa shape index (κ3) is 2.33. The van der Waals surface area contributed by atoms with Crippen LogP contribution < -0.4 is 4.57 Å². The molecule has 6 rings (SSSR count). The van der Waals surface area contributed by atoms with Crippen molar-refractivity contribution < 1.29 is 8.98 Å². The molecule has 0 unspecified atom stereocenters. The SMILES string of the molecule is Cc1sc2c(-c3ccc4c(oc5cc6ccccc6cc54)c3C)[n+](C)ccc2c1C. The van der Waals surface area contributed by atoms with Crippen LogP contribution in [-0.4, -0.2) is 0 Å². The van der Waals surface area contributed by atoms with Crippen LogP contribution in [0.2, 0.25) is 0 Å². The van der Waals surface area contributed by atoms with Crippen molar-refractivity contribution in [2.45, 2.75) is 20.8 Å². The zero-order valence-electron chi connectivity index (χ0n) is 17.5. The van der Waals surface area contributed by atoms with Crippen LogP contribution in [0.15, 0.2) is 65.2 Å². The molecule has 3 aromatic carbocycles. The van der Waals surface area contributed by atoms with E-state index in [0.29, 0.717) is 0 Å². The van der Waals surface area contributed by atoms with Gasteiger partial charge < -0.3 is 4.42 Å². The molecular formula is C27H22NOS+. The van der Waals surface area contributed by atoms with Gasteiger partial charge in [0.2, 0.25) is 5.69 Å². The number of hydrogen-bond acceptors (Lipinski definition) is 2. The average molecular weight is 409 g/mol. The molecule has 3 heterocycles. The Hall–Kier alpha value is -3.17. The summed E-state index contributed by atoms with van der Waals surface area (Å²) in [6.45, 7) is 6.62. The number of benzene rings is 3. The van der Waals surface area contributed by atoms with Crippen LogP contribution in [0.25, 0.3) is 54.1 Å². The minimum absolute atomic E-state index is 0.953. The Morgan fingerprint density at radius 3 is 2.37 bits per heavy atom. The zero-order chi connectivity index (χ0) is 20.6. The van der Waals surface area contributed by atoms with Gasteiger partial charge in [-0.25, -0.2) is 0 Å². The normalized spacial score (nSPS) is 12.0. The highest BCUT2D eigenvalue weighted by Crippen LogP contribution is 2.40. The fraction of sp³-hybridized carbons (Fsp3) is 0.148. The number of furan rings is 1. The van der Waals surface area contributed by atoms with Crippen molar-refractivity contribution in [2.75, 3.05) is 0 Å². The van der Waals surface area contributed by atoms with E-state index in [9.17, 15) is 0 Å². The second kappa shape index (κ2) is 6.16. The predicted octanol–water partition coefficient (Wildman–Crippen LogP) is 7.37. The number of thiophene rings is 1. The van der Waals surface area contributed by atoms with Crippen molar-refractivity contribution in [3.63, 3.8) is 0 Å². The van der Waals surface area contributed by atoms with E-state index in [-0.39, 0.29) is 0 Å². The van der Waals surface area contributed by atoms with Crippen LogP contribution in [0.1, 0.15) is 16.0 Å². The van der Waals surface area contributed by atoms with E-state index in [1.54, 1.807) is 0 Å². The number of aromatic nitrogens is 1. The van der Waals surface area contributed by atoms with E-state index in [1.165, 1.54) is 58.9 Å². The van der Waals surface area contributed by atoms with Crippen molar-refractivity contribution >= 4 is 54.1 Å². The third-order valence-corrected chi connectivity index (χ3v) is 7.71. The van der Waals surface area contributed by atoms with Gasteiger partial charge in [-0.05, 0) is 61.4 Å². The molecule has 146 valence electrons. The van der Waals surface area contributed by atoms with Gasteiger partial charge in [-0.2, -0.15) is 4.57 Å². The summed E-state index contributed by atoms with van der Waals surface area (Å²) in [6, 6.07) is 19.6. The maximum absolute atomic E-state index is 6.43. The van der Waals surface area contributed by atoms with E-state index >= 15 is 0 Å². The first-order valence-corrected chi connectivity index (χ1v) is 11.1. The summed E-state index contributed by atoms with van der Waals surface area (Å²) in [6.07, 6.45) is 2.17. The smallest absolute Gasteiger partial charge is 0.230 e. The lowest BCUT2D eigenvalue weighted by Crippen LogP contribution is -2.30. The van der Waals surface area contributed by atoms with E-state index < -0.39 is 0 Å². The molecule has 0 aliphatic carbocycles. The van der Waals surface area contributed by atoms with Crippen molar-refractivity contribution in [1.29, 1.82) is 0 Å². The summed E-state index contributed by atoms with van der Waals surface area (Å²) < 4.78 is 10.0. The maximum Gasteiger partial charge on any atom is 0.230 e. The van der Waals surface area contributed by atoms with E-state index in [4.69, 9.17) is 4.42 Å². The molecule has 0 fully saturated rings. The van der Waals surface area contributed by atoms with Crippen LogP contribution >= 0.6 is 11.3 Å². The Kier molecular flexibility index (Phi) is 3.63. The van der Waals surface area contributed by atoms with Gasteiger partial charge in [-0.15, -0.1) is 11.3 Å². The van der Waals surface area contributed by atoms with Crippen molar-refractivity contribution in [3.8, 4) is 11.3 Å². The maximum atomic E-state index is 6.43. The monoisotopic (exact) mass is 408 g/mol. The molecule has 0 aliphatic heterocycles. The largest absolute Gasteiger partial charge is 0.456 e. The number of nitrogens with zero attached hydrogens (tertiary/aromatic N) is 1. The Morgan fingerprint density at radius 1 is 0.800 bits per heavy atom. The molecule has 6 aromatic rings. The Morgan fingerprint density at radius 2 is 1.57 bits per heavy atom. The minimum Gasteiger partial charge on any atom is -0.456 e. The lowest BCUT2D eigenvalue weighted by molar-refractivity contribution is -0.659. The topological polar surface area (TPSA) is 17.0 Å². The summed E-state index contributed by atoms with van der Waals surface area (Å²) in [5.41, 5.74) is 7.01. The Labute approximate surface area is 179 Å². The number of rotatable bonds is 1. The van der Waals surface area contributed by atoms with Gasteiger partial charge in [0.15, 0.2) is 6.20 Å². The molecule has 30 heavy (non-hydrogen) atoms. The molecule has 0 atom stereocenters. The van der Waals surface area contributed by atoms with E-state index in [2.05, 4.69) is 93.2 Å². The first-order valence-electron chi connectivity index (χ1n) is 10.3. The van der Waals surface area contributed by atoms with Gasteiger partial charge in [0.05, 0.1) is 5.56 Å². The zero-order valence-corrected chi connectivity index (χ0v) is 18.4. The molecule has 3 heteroatoms. The molecular weight excluding hydrogens is 386 g/mol. The number of aryl methyl sites for hydroxylation is 4.